The van der Waals surface area contributed by atoms with Crippen LogP contribution in [0, 0.1) is 0 Å². The first-order valence-corrected chi connectivity index (χ1v) is 10.9. The standard InChI is InChI=1S/C20H24BrN3O4S/c1-12(25)28-15-6-5-13(21)11-14(15)17(26)23-19-22-16(20(2,3)4)18(29-19)24-7-9-27-10-8-24/h5-6,11H,7-10H2,1-4H3,(H,22,23,26). The van der Waals surface area contributed by atoms with E-state index >= 15 is 0 Å². The molecule has 2 heterocycles. The molecule has 1 aliphatic heterocycles. The van der Waals surface area contributed by atoms with Crippen LogP contribution in [0.3, 0.4) is 0 Å². The zero-order valence-electron chi connectivity index (χ0n) is 16.9. The Balaban J connectivity index is 1.90. The number of hydrogen-bond acceptors (Lipinski definition) is 7. The van der Waals surface area contributed by atoms with Crippen LogP contribution in [0.25, 0.3) is 0 Å². The van der Waals surface area contributed by atoms with Crippen LogP contribution in [0.4, 0.5) is 10.1 Å². The highest BCUT2D eigenvalue weighted by Crippen LogP contribution is 2.39. The van der Waals surface area contributed by atoms with E-state index in [2.05, 4.69) is 46.9 Å². The molecule has 1 amide bonds. The van der Waals surface area contributed by atoms with Crippen LogP contribution in [-0.4, -0.2) is 43.2 Å². The van der Waals surface area contributed by atoms with E-state index < -0.39 is 5.97 Å². The summed E-state index contributed by atoms with van der Waals surface area (Å²) in [7, 11) is 0. The number of ether oxygens (including phenoxy) is 2. The SMILES string of the molecule is CC(=O)Oc1ccc(Br)cc1C(=O)Nc1nc(C(C)(C)C)c(N2CCOCC2)s1. The molecule has 0 radical (unpaired) electrons. The first kappa shape index (κ1) is 21.7. The number of rotatable bonds is 4. The second kappa shape index (κ2) is 8.81. The van der Waals surface area contributed by atoms with Gasteiger partial charge >= 0.3 is 5.97 Å². The summed E-state index contributed by atoms with van der Waals surface area (Å²) in [5.74, 6) is -0.662. The van der Waals surface area contributed by atoms with Crippen molar-refractivity contribution in [3.05, 3.63) is 33.9 Å². The topological polar surface area (TPSA) is 80.8 Å². The Morgan fingerprint density at radius 2 is 1.97 bits per heavy atom. The van der Waals surface area contributed by atoms with E-state index in [-0.39, 0.29) is 22.6 Å². The third-order valence-corrected chi connectivity index (χ3v) is 5.80. The molecule has 9 heteroatoms. The Labute approximate surface area is 182 Å². The minimum atomic E-state index is -0.486. The van der Waals surface area contributed by atoms with Crippen molar-refractivity contribution in [2.24, 2.45) is 0 Å². The highest BCUT2D eigenvalue weighted by Gasteiger charge is 2.28. The largest absolute Gasteiger partial charge is 0.426 e. The van der Waals surface area contributed by atoms with Gasteiger partial charge in [0.1, 0.15) is 10.8 Å². The van der Waals surface area contributed by atoms with Crippen molar-refractivity contribution in [1.82, 2.24) is 4.98 Å². The molecule has 1 saturated heterocycles. The van der Waals surface area contributed by atoms with Crippen molar-refractivity contribution in [2.45, 2.75) is 33.1 Å². The van der Waals surface area contributed by atoms with E-state index in [0.717, 1.165) is 23.8 Å². The summed E-state index contributed by atoms with van der Waals surface area (Å²) in [5, 5.41) is 4.43. The summed E-state index contributed by atoms with van der Waals surface area (Å²) in [6.45, 7) is 10.5. The van der Waals surface area contributed by atoms with Crippen molar-refractivity contribution in [2.75, 3.05) is 36.5 Å². The molecular formula is C20H24BrN3O4S. The van der Waals surface area contributed by atoms with E-state index in [9.17, 15) is 9.59 Å². The first-order valence-electron chi connectivity index (χ1n) is 9.28. The van der Waals surface area contributed by atoms with Gasteiger partial charge in [0.05, 0.1) is 24.5 Å². The van der Waals surface area contributed by atoms with Crippen molar-refractivity contribution < 1.29 is 19.1 Å². The first-order chi connectivity index (χ1) is 13.6. The maximum Gasteiger partial charge on any atom is 0.308 e. The smallest absolute Gasteiger partial charge is 0.308 e. The zero-order valence-corrected chi connectivity index (χ0v) is 19.3. The molecule has 7 nitrogen and oxygen atoms in total. The van der Waals surface area contributed by atoms with Gasteiger partial charge in [-0.05, 0) is 18.2 Å². The molecule has 1 aromatic heterocycles. The Morgan fingerprint density at radius 3 is 2.59 bits per heavy atom. The van der Waals surface area contributed by atoms with E-state index in [1.54, 1.807) is 18.2 Å². The van der Waals surface area contributed by atoms with Gasteiger partial charge in [0.25, 0.3) is 5.91 Å². The van der Waals surface area contributed by atoms with Gasteiger partial charge in [-0.2, -0.15) is 0 Å². The summed E-state index contributed by atoms with van der Waals surface area (Å²) in [6, 6.07) is 4.92. The zero-order chi connectivity index (χ0) is 21.2. The predicted molar refractivity (Wildman–Crippen MR) is 117 cm³/mol. The highest BCUT2D eigenvalue weighted by atomic mass is 79.9. The number of benzene rings is 1. The van der Waals surface area contributed by atoms with Crippen molar-refractivity contribution in [1.29, 1.82) is 0 Å². The van der Waals surface area contributed by atoms with Gasteiger partial charge in [-0.1, -0.05) is 48.0 Å². The summed E-state index contributed by atoms with van der Waals surface area (Å²) in [4.78, 5) is 31.3. The van der Waals surface area contributed by atoms with Crippen molar-refractivity contribution in [3.63, 3.8) is 0 Å². The number of carbonyl (C=O) groups excluding carboxylic acids is 2. The van der Waals surface area contributed by atoms with Gasteiger partial charge in [0.2, 0.25) is 0 Å². The summed E-state index contributed by atoms with van der Waals surface area (Å²) < 4.78 is 11.3. The van der Waals surface area contributed by atoms with E-state index in [0.29, 0.717) is 22.8 Å². The van der Waals surface area contributed by atoms with Crippen LogP contribution in [0.1, 0.15) is 43.7 Å². The highest BCUT2D eigenvalue weighted by molar-refractivity contribution is 9.10. The number of nitrogens with one attached hydrogen (secondary N) is 1. The van der Waals surface area contributed by atoms with Crippen LogP contribution in [0.2, 0.25) is 0 Å². The van der Waals surface area contributed by atoms with Crippen LogP contribution in [0.5, 0.6) is 5.75 Å². The van der Waals surface area contributed by atoms with Crippen LogP contribution < -0.4 is 15.0 Å². The monoisotopic (exact) mass is 481 g/mol. The fourth-order valence-corrected chi connectivity index (χ4v) is 4.51. The number of amides is 1. The molecule has 0 bridgehead atoms. The van der Waals surface area contributed by atoms with Crippen molar-refractivity contribution in [3.8, 4) is 5.75 Å². The summed E-state index contributed by atoms with van der Waals surface area (Å²) in [5.41, 5.74) is 1.02. The number of esters is 1. The van der Waals surface area contributed by atoms with Gasteiger partial charge in [0, 0.05) is 29.9 Å². The minimum Gasteiger partial charge on any atom is -0.426 e. The lowest BCUT2D eigenvalue weighted by atomic mass is 9.92. The lowest BCUT2D eigenvalue weighted by Crippen LogP contribution is -2.37. The van der Waals surface area contributed by atoms with Crippen molar-refractivity contribution >= 4 is 49.3 Å². The molecule has 2 aromatic rings. The number of morpholine rings is 1. The van der Waals surface area contributed by atoms with Crippen LogP contribution >= 0.6 is 27.3 Å². The number of anilines is 2. The average molecular weight is 482 g/mol. The Bertz CT molecular complexity index is 917. The van der Waals surface area contributed by atoms with E-state index in [1.165, 1.54) is 18.3 Å². The molecule has 0 spiro atoms. The molecule has 1 fully saturated rings. The predicted octanol–water partition coefficient (Wildman–Crippen LogP) is 4.22. The molecule has 156 valence electrons. The molecule has 0 saturated carbocycles. The van der Waals surface area contributed by atoms with Gasteiger partial charge in [-0.25, -0.2) is 4.98 Å². The molecule has 1 aliphatic rings. The van der Waals surface area contributed by atoms with Gasteiger partial charge in [-0.15, -0.1) is 0 Å². The fraction of sp³-hybridized carbons (Fsp3) is 0.450. The minimum absolute atomic E-state index is 0.175. The normalized spacial score (nSPS) is 14.6. The summed E-state index contributed by atoms with van der Waals surface area (Å²) >= 11 is 4.81. The number of aromatic nitrogens is 1. The number of hydrogen-bond donors (Lipinski definition) is 1. The molecule has 1 N–H and O–H groups in total. The van der Waals surface area contributed by atoms with Crippen LogP contribution in [-0.2, 0) is 14.9 Å². The molecular weight excluding hydrogens is 458 g/mol. The lowest BCUT2D eigenvalue weighted by Gasteiger charge is -2.30. The quantitative estimate of drug-likeness (QED) is 0.520. The number of thiazole rings is 1. The lowest BCUT2D eigenvalue weighted by molar-refractivity contribution is -0.131. The second-order valence-electron chi connectivity index (χ2n) is 7.71. The molecule has 0 atom stereocenters. The Kier molecular flexibility index (Phi) is 6.60. The summed E-state index contributed by atoms with van der Waals surface area (Å²) in [6.07, 6.45) is 0. The Morgan fingerprint density at radius 1 is 1.28 bits per heavy atom. The van der Waals surface area contributed by atoms with Gasteiger partial charge < -0.3 is 14.4 Å². The van der Waals surface area contributed by atoms with Gasteiger partial charge in [0.15, 0.2) is 5.13 Å². The third kappa shape index (κ3) is 5.34. The van der Waals surface area contributed by atoms with Gasteiger partial charge in [-0.3, -0.25) is 14.9 Å². The molecule has 29 heavy (non-hydrogen) atoms. The number of nitrogens with zero attached hydrogens (tertiary/aromatic N) is 2. The number of halogens is 1. The maximum absolute atomic E-state index is 12.9. The molecule has 0 aliphatic carbocycles. The fourth-order valence-electron chi connectivity index (χ4n) is 2.92. The molecule has 0 unspecified atom stereocenters. The van der Waals surface area contributed by atoms with Crippen LogP contribution in [0.15, 0.2) is 22.7 Å². The Hall–Kier alpha value is -1.97. The average Bonchev–Trinajstić information content (AvgIpc) is 3.08. The maximum atomic E-state index is 12.9. The van der Waals surface area contributed by atoms with E-state index in [1.807, 2.05) is 0 Å². The third-order valence-electron chi connectivity index (χ3n) is 4.28. The molecule has 1 aromatic carbocycles. The van der Waals surface area contributed by atoms with E-state index in [4.69, 9.17) is 14.5 Å². The number of carbonyl (C=O) groups is 2. The molecule has 3 rings (SSSR count). The second-order valence-corrected chi connectivity index (χ2v) is 9.60.